The van der Waals surface area contributed by atoms with Gasteiger partial charge in [0, 0.05) is 65.0 Å². The summed E-state index contributed by atoms with van der Waals surface area (Å²) in [6.07, 6.45) is 0.711. The Labute approximate surface area is 193 Å². The van der Waals surface area contributed by atoms with E-state index in [4.69, 9.17) is 0 Å². The van der Waals surface area contributed by atoms with Crippen LogP contribution < -0.4 is 0 Å². The van der Waals surface area contributed by atoms with Crippen molar-refractivity contribution in [2.45, 2.75) is 0 Å². The molecule has 0 radical (unpaired) electrons. The van der Waals surface area contributed by atoms with Crippen LogP contribution in [0.15, 0.2) is 48.5 Å². The largest absolute Gasteiger partial charge is 0.340 e. The molecule has 0 saturated carbocycles. The smallest absolute Gasteiger partial charge is 0.261 e. The fourth-order valence-corrected chi connectivity index (χ4v) is 4.31. The molecule has 2 heterocycles. The standard InChI is InChI=1S/C25H28N4O4/c1-26(23(31)20-7-3-2-6-19(20)18-30)10-11-27-12-14-28(15-13-27)16-17-29-24(32)21-8-4-5-9-22(21)25(29)33/h2-9,18H,10-17H2,1H3. The highest BCUT2D eigenvalue weighted by Crippen LogP contribution is 2.22. The van der Waals surface area contributed by atoms with Crippen LogP contribution in [0.1, 0.15) is 41.4 Å². The van der Waals surface area contributed by atoms with Crippen molar-refractivity contribution in [1.82, 2.24) is 19.6 Å². The number of hydrogen-bond acceptors (Lipinski definition) is 6. The number of hydrogen-bond donors (Lipinski definition) is 0. The SMILES string of the molecule is CN(CCN1CCN(CCN2C(=O)c3ccccc3C2=O)CC1)C(=O)c1ccccc1C=O. The van der Waals surface area contributed by atoms with Gasteiger partial charge >= 0.3 is 0 Å². The van der Waals surface area contributed by atoms with Crippen molar-refractivity contribution < 1.29 is 19.2 Å². The number of carbonyl (C=O) groups is 4. The number of likely N-dealkylation sites (N-methyl/N-ethyl adjacent to an activating group) is 1. The molecule has 3 amide bonds. The second-order valence-electron chi connectivity index (χ2n) is 8.42. The predicted octanol–water partition coefficient (Wildman–Crippen LogP) is 1.48. The van der Waals surface area contributed by atoms with Crippen LogP contribution in [0.25, 0.3) is 0 Å². The number of amides is 3. The summed E-state index contributed by atoms with van der Waals surface area (Å²) in [6.45, 7) is 5.76. The third-order valence-corrected chi connectivity index (χ3v) is 6.40. The average molecular weight is 449 g/mol. The van der Waals surface area contributed by atoms with Gasteiger partial charge in [-0.1, -0.05) is 30.3 Å². The van der Waals surface area contributed by atoms with Crippen LogP contribution in [0, 0.1) is 0 Å². The Balaban J connectivity index is 1.21. The Hall–Kier alpha value is -3.36. The third kappa shape index (κ3) is 4.86. The molecular weight excluding hydrogens is 420 g/mol. The Bertz CT molecular complexity index is 1030. The lowest BCUT2D eigenvalue weighted by Gasteiger charge is -2.35. The first kappa shape index (κ1) is 22.8. The molecule has 0 bridgehead atoms. The topological polar surface area (TPSA) is 81.2 Å². The lowest BCUT2D eigenvalue weighted by atomic mass is 10.1. The molecule has 0 aliphatic carbocycles. The summed E-state index contributed by atoms with van der Waals surface area (Å²) in [5.74, 6) is -0.575. The van der Waals surface area contributed by atoms with E-state index in [0.29, 0.717) is 48.2 Å². The van der Waals surface area contributed by atoms with Crippen LogP contribution in [0.4, 0.5) is 0 Å². The summed E-state index contributed by atoms with van der Waals surface area (Å²) < 4.78 is 0. The highest BCUT2D eigenvalue weighted by Gasteiger charge is 2.35. The van der Waals surface area contributed by atoms with Gasteiger partial charge < -0.3 is 4.90 Å². The molecule has 4 rings (SSSR count). The first-order valence-electron chi connectivity index (χ1n) is 11.2. The molecule has 2 aromatic carbocycles. The summed E-state index contributed by atoms with van der Waals surface area (Å²) in [5.41, 5.74) is 1.80. The third-order valence-electron chi connectivity index (χ3n) is 6.40. The first-order valence-corrected chi connectivity index (χ1v) is 11.2. The maximum atomic E-state index is 12.7. The number of carbonyl (C=O) groups excluding carboxylic acids is 4. The molecule has 0 spiro atoms. The molecule has 8 nitrogen and oxygen atoms in total. The first-order chi connectivity index (χ1) is 16.0. The zero-order valence-corrected chi connectivity index (χ0v) is 18.8. The minimum Gasteiger partial charge on any atom is -0.340 e. The summed E-state index contributed by atoms with van der Waals surface area (Å²) >= 11 is 0. The number of imide groups is 1. The van der Waals surface area contributed by atoms with E-state index in [1.807, 2.05) is 0 Å². The number of aldehydes is 1. The molecule has 2 aromatic rings. The summed E-state index contributed by atoms with van der Waals surface area (Å²) in [5, 5.41) is 0. The van der Waals surface area contributed by atoms with Crippen LogP contribution in [0.5, 0.6) is 0 Å². The zero-order valence-electron chi connectivity index (χ0n) is 18.8. The predicted molar refractivity (Wildman–Crippen MR) is 123 cm³/mol. The average Bonchev–Trinajstić information content (AvgIpc) is 3.10. The molecule has 2 aliphatic heterocycles. The minimum absolute atomic E-state index is 0.155. The highest BCUT2D eigenvalue weighted by molar-refractivity contribution is 6.21. The molecule has 172 valence electrons. The van der Waals surface area contributed by atoms with Gasteiger partial charge in [0.2, 0.25) is 0 Å². The van der Waals surface area contributed by atoms with E-state index in [1.54, 1.807) is 60.5 Å². The molecule has 1 saturated heterocycles. The molecule has 0 aromatic heterocycles. The number of piperazine rings is 1. The quantitative estimate of drug-likeness (QED) is 0.450. The second-order valence-corrected chi connectivity index (χ2v) is 8.42. The van der Waals surface area contributed by atoms with Crippen molar-refractivity contribution in [3.8, 4) is 0 Å². The van der Waals surface area contributed by atoms with Crippen LogP contribution in [0.2, 0.25) is 0 Å². The van der Waals surface area contributed by atoms with Gasteiger partial charge in [0.25, 0.3) is 17.7 Å². The fraction of sp³-hybridized carbons (Fsp3) is 0.360. The molecule has 0 N–H and O–H groups in total. The van der Waals surface area contributed by atoms with Crippen molar-refractivity contribution in [1.29, 1.82) is 0 Å². The summed E-state index contributed by atoms with van der Waals surface area (Å²) in [6, 6.07) is 13.8. The van der Waals surface area contributed by atoms with Crippen molar-refractivity contribution in [2.75, 3.05) is 59.4 Å². The second kappa shape index (κ2) is 10.1. The van der Waals surface area contributed by atoms with E-state index in [1.165, 1.54) is 4.90 Å². The maximum Gasteiger partial charge on any atom is 0.261 e. The Morgan fingerprint density at radius 1 is 0.848 bits per heavy atom. The number of benzene rings is 2. The van der Waals surface area contributed by atoms with E-state index < -0.39 is 0 Å². The van der Waals surface area contributed by atoms with Gasteiger partial charge in [-0.05, 0) is 18.2 Å². The number of nitrogens with zero attached hydrogens (tertiary/aromatic N) is 4. The van der Waals surface area contributed by atoms with Gasteiger partial charge in [-0.2, -0.15) is 0 Å². The minimum atomic E-state index is -0.210. The lowest BCUT2D eigenvalue weighted by Crippen LogP contribution is -2.50. The normalized spacial score (nSPS) is 16.7. The summed E-state index contributed by atoms with van der Waals surface area (Å²) in [4.78, 5) is 56.4. The van der Waals surface area contributed by atoms with Crippen LogP contribution in [-0.2, 0) is 0 Å². The molecule has 8 heteroatoms. The van der Waals surface area contributed by atoms with E-state index in [-0.39, 0.29) is 17.7 Å². The molecule has 33 heavy (non-hydrogen) atoms. The van der Waals surface area contributed by atoms with Crippen molar-refractivity contribution in [3.05, 3.63) is 70.8 Å². The van der Waals surface area contributed by atoms with Gasteiger partial charge in [-0.15, -0.1) is 0 Å². The monoisotopic (exact) mass is 448 g/mol. The lowest BCUT2D eigenvalue weighted by molar-refractivity contribution is 0.0604. The molecule has 0 unspecified atom stereocenters. The van der Waals surface area contributed by atoms with E-state index >= 15 is 0 Å². The number of rotatable bonds is 8. The van der Waals surface area contributed by atoms with Gasteiger partial charge in [0.15, 0.2) is 6.29 Å². The highest BCUT2D eigenvalue weighted by atomic mass is 16.2. The van der Waals surface area contributed by atoms with Crippen molar-refractivity contribution in [2.24, 2.45) is 0 Å². The molecule has 0 atom stereocenters. The van der Waals surface area contributed by atoms with Gasteiger partial charge in [0.1, 0.15) is 0 Å². The molecule has 1 fully saturated rings. The molecular formula is C25H28N4O4. The summed E-state index contributed by atoms with van der Waals surface area (Å²) in [7, 11) is 1.75. The maximum absolute atomic E-state index is 12.7. The van der Waals surface area contributed by atoms with Gasteiger partial charge in [-0.3, -0.25) is 33.9 Å². The van der Waals surface area contributed by atoms with E-state index in [0.717, 1.165) is 32.7 Å². The van der Waals surface area contributed by atoms with E-state index in [2.05, 4.69) is 9.80 Å². The van der Waals surface area contributed by atoms with Gasteiger partial charge in [0.05, 0.1) is 16.7 Å². The van der Waals surface area contributed by atoms with Crippen LogP contribution in [-0.4, -0.2) is 103 Å². The van der Waals surface area contributed by atoms with Gasteiger partial charge in [-0.25, -0.2) is 0 Å². The number of fused-ring (bicyclic) bond motifs is 1. The molecule has 2 aliphatic rings. The van der Waals surface area contributed by atoms with Crippen molar-refractivity contribution >= 4 is 24.0 Å². The zero-order chi connectivity index (χ0) is 23.4. The fourth-order valence-electron chi connectivity index (χ4n) is 4.31. The Morgan fingerprint density at radius 2 is 1.39 bits per heavy atom. The van der Waals surface area contributed by atoms with Crippen LogP contribution >= 0.6 is 0 Å². The Morgan fingerprint density at radius 3 is 2.00 bits per heavy atom. The van der Waals surface area contributed by atoms with E-state index in [9.17, 15) is 19.2 Å². The van der Waals surface area contributed by atoms with Crippen LogP contribution in [0.3, 0.4) is 0 Å². The van der Waals surface area contributed by atoms with Crippen molar-refractivity contribution in [3.63, 3.8) is 0 Å². The Kier molecular flexibility index (Phi) is 6.96.